The van der Waals surface area contributed by atoms with E-state index in [2.05, 4.69) is 4.98 Å². The van der Waals surface area contributed by atoms with Gasteiger partial charge in [0.25, 0.3) is 6.43 Å². The van der Waals surface area contributed by atoms with Crippen molar-refractivity contribution in [2.24, 2.45) is 0 Å². The van der Waals surface area contributed by atoms with Crippen LogP contribution in [0.4, 0.5) is 8.78 Å². The molecule has 1 heterocycles. The van der Waals surface area contributed by atoms with Crippen LogP contribution in [0.15, 0.2) is 11.0 Å². The Bertz CT molecular complexity index is 434. The minimum absolute atomic E-state index is 0.260. The fraction of sp³-hybridized carbons (Fsp3) is 0.250. The first kappa shape index (κ1) is 10.3. The van der Waals surface area contributed by atoms with Crippen LogP contribution in [0.3, 0.4) is 0 Å². The second-order valence-electron chi connectivity index (χ2n) is 2.49. The average Bonchev–Trinajstić information content (AvgIpc) is 2.16. The van der Waals surface area contributed by atoms with Crippen LogP contribution in [0, 0.1) is 11.3 Å². The second kappa shape index (κ2) is 3.98. The Morgan fingerprint density at radius 3 is 2.71 bits per heavy atom. The molecule has 6 heteroatoms. The van der Waals surface area contributed by atoms with Gasteiger partial charge in [0.05, 0.1) is 17.9 Å². The van der Waals surface area contributed by atoms with Crippen LogP contribution in [-0.4, -0.2) is 10.1 Å². The molecule has 1 aromatic rings. The van der Waals surface area contributed by atoms with Crippen LogP contribution in [0.5, 0.6) is 0 Å². The van der Waals surface area contributed by atoms with Crippen LogP contribution in [0.25, 0.3) is 0 Å². The lowest BCUT2D eigenvalue weighted by molar-refractivity contribution is 0.144. The molecular formula is C8H6F2N2O2. The Labute approximate surface area is 77.4 Å². The van der Waals surface area contributed by atoms with Gasteiger partial charge in [-0.25, -0.2) is 8.78 Å². The summed E-state index contributed by atoms with van der Waals surface area (Å²) in [6.45, 7) is -0.694. The molecule has 0 fully saturated rings. The number of hydrogen-bond donors (Lipinski definition) is 2. The van der Waals surface area contributed by atoms with E-state index in [-0.39, 0.29) is 5.69 Å². The molecule has 14 heavy (non-hydrogen) atoms. The first-order valence-corrected chi connectivity index (χ1v) is 3.65. The normalized spacial score (nSPS) is 10.2. The number of hydrogen-bond acceptors (Lipinski definition) is 3. The number of aromatic amines is 1. The maximum atomic E-state index is 12.4. The van der Waals surface area contributed by atoms with Crippen LogP contribution < -0.4 is 5.43 Å². The largest absolute Gasteiger partial charge is 0.390 e. The highest BCUT2D eigenvalue weighted by Crippen LogP contribution is 2.18. The molecule has 0 atom stereocenters. The molecule has 0 unspecified atom stereocenters. The van der Waals surface area contributed by atoms with Crippen LogP contribution >= 0.6 is 0 Å². The van der Waals surface area contributed by atoms with Crippen molar-refractivity contribution in [1.82, 2.24) is 4.98 Å². The number of aliphatic hydroxyl groups excluding tert-OH is 1. The number of alkyl halides is 2. The molecule has 0 radical (unpaired) electrons. The smallest absolute Gasteiger partial charge is 0.269 e. The molecule has 0 amide bonds. The first-order valence-electron chi connectivity index (χ1n) is 3.65. The molecule has 2 N–H and O–H groups in total. The maximum Gasteiger partial charge on any atom is 0.269 e. The van der Waals surface area contributed by atoms with Gasteiger partial charge in [-0.15, -0.1) is 0 Å². The van der Waals surface area contributed by atoms with E-state index < -0.39 is 29.6 Å². The van der Waals surface area contributed by atoms with Gasteiger partial charge in [-0.3, -0.25) is 4.79 Å². The maximum absolute atomic E-state index is 12.4. The molecule has 0 aromatic carbocycles. The van der Waals surface area contributed by atoms with Gasteiger partial charge in [-0.2, -0.15) is 5.26 Å². The number of rotatable bonds is 2. The van der Waals surface area contributed by atoms with Gasteiger partial charge in [-0.1, -0.05) is 0 Å². The lowest BCUT2D eigenvalue weighted by Gasteiger charge is -2.05. The van der Waals surface area contributed by atoms with Crippen LogP contribution in [0.2, 0.25) is 0 Å². The fourth-order valence-electron chi connectivity index (χ4n) is 1.03. The van der Waals surface area contributed by atoms with Gasteiger partial charge < -0.3 is 10.1 Å². The monoisotopic (exact) mass is 200 g/mol. The van der Waals surface area contributed by atoms with Crippen molar-refractivity contribution in [3.63, 3.8) is 0 Å². The zero-order valence-electron chi connectivity index (χ0n) is 6.92. The lowest BCUT2D eigenvalue weighted by Crippen LogP contribution is -2.17. The van der Waals surface area contributed by atoms with E-state index in [4.69, 9.17) is 10.4 Å². The zero-order chi connectivity index (χ0) is 10.7. The van der Waals surface area contributed by atoms with E-state index in [0.717, 1.165) is 6.20 Å². The third kappa shape index (κ3) is 1.63. The highest BCUT2D eigenvalue weighted by atomic mass is 19.3. The summed E-state index contributed by atoms with van der Waals surface area (Å²) in [4.78, 5) is 13.5. The fourth-order valence-corrected chi connectivity index (χ4v) is 1.03. The summed E-state index contributed by atoms with van der Waals surface area (Å²) >= 11 is 0. The molecule has 1 aromatic heterocycles. The molecule has 0 aliphatic rings. The zero-order valence-corrected chi connectivity index (χ0v) is 6.92. The quantitative estimate of drug-likeness (QED) is 0.736. The summed E-state index contributed by atoms with van der Waals surface area (Å²) in [5.74, 6) is 0. The predicted molar refractivity (Wildman–Crippen MR) is 42.7 cm³/mol. The Hall–Kier alpha value is -1.74. The lowest BCUT2D eigenvalue weighted by atomic mass is 10.1. The van der Waals surface area contributed by atoms with E-state index in [1.54, 1.807) is 0 Å². The SMILES string of the molecule is N#Cc1c[nH]c(CO)c(C(F)F)c1=O. The Morgan fingerprint density at radius 2 is 2.29 bits per heavy atom. The third-order valence-corrected chi connectivity index (χ3v) is 1.70. The Morgan fingerprint density at radius 1 is 1.64 bits per heavy atom. The number of H-pyrrole nitrogens is 1. The van der Waals surface area contributed by atoms with Gasteiger partial charge in [0.1, 0.15) is 11.6 Å². The van der Waals surface area contributed by atoms with Crippen LogP contribution in [-0.2, 0) is 6.61 Å². The number of nitrogens with one attached hydrogen (secondary N) is 1. The second-order valence-corrected chi connectivity index (χ2v) is 2.49. The summed E-state index contributed by atoms with van der Waals surface area (Å²) in [7, 11) is 0. The van der Waals surface area contributed by atoms with Crippen molar-refractivity contribution in [1.29, 1.82) is 5.26 Å². The van der Waals surface area contributed by atoms with Crippen molar-refractivity contribution in [3.8, 4) is 6.07 Å². The first-order chi connectivity index (χ1) is 6.61. The molecule has 0 bridgehead atoms. The molecule has 0 aliphatic carbocycles. The van der Waals surface area contributed by atoms with Crippen molar-refractivity contribution in [2.75, 3.05) is 0 Å². The molecule has 0 saturated carbocycles. The Balaban J connectivity index is 3.49. The van der Waals surface area contributed by atoms with Crippen LogP contribution in [0.1, 0.15) is 23.2 Å². The van der Waals surface area contributed by atoms with Gasteiger partial charge >= 0.3 is 0 Å². The van der Waals surface area contributed by atoms with Gasteiger partial charge in [0.2, 0.25) is 5.43 Å². The highest BCUT2D eigenvalue weighted by molar-refractivity contribution is 5.33. The molecule has 0 saturated heterocycles. The van der Waals surface area contributed by atoms with Crippen molar-refractivity contribution < 1.29 is 13.9 Å². The summed E-state index contributed by atoms with van der Waals surface area (Å²) in [6, 6.07) is 1.48. The Kier molecular flexibility index (Phi) is 2.94. The minimum Gasteiger partial charge on any atom is -0.390 e. The van der Waals surface area contributed by atoms with Crippen molar-refractivity contribution in [2.45, 2.75) is 13.0 Å². The number of pyridine rings is 1. The predicted octanol–water partition coefficient (Wildman–Crippen LogP) is 0.676. The van der Waals surface area contributed by atoms with Crippen molar-refractivity contribution >= 4 is 0 Å². The van der Waals surface area contributed by atoms with Gasteiger partial charge in [0, 0.05) is 6.20 Å². The molecule has 0 aliphatic heterocycles. The number of aromatic nitrogens is 1. The standard InChI is InChI=1S/C8H6F2N2O2/c9-8(10)6-5(3-13)12-2-4(1-11)7(6)14/h2,8,13H,3H2,(H,12,14). The summed E-state index contributed by atoms with van der Waals surface area (Å²) in [6.07, 6.45) is -2.01. The highest BCUT2D eigenvalue weighted by Gasteiger charge is 2.19. The van der Waals surface area contributed by atoms with Gasteiger partial charge in [-0.05, 0) is 0 Å². The van der Waals surface area contributed by atoms with E-state index >= 15 is 0 Å². The minimum atomic E-state index is -3.01. The average molecular weight is 200 g/mol. The van der Waals surface area contributed by atoms with Gasteiger partial charge in [0.15, 0.2) is 0 Å². The van der Waals surface area contributed by atoms with E-state index in [1.165, 1.54) is 6.07 Å². The molecule has 0 spiro atoms. The summed E-state index contributed by atoms with van der Waals surface area (Å²) < 4.78 is 24.7. The topological polar surface area (TPSA) is 76.9 Å². The van der Waals surface area contributed by atoms with E-state index in [1.807, 2.05) is 0 Å². The molecule has 4 nitrogen and oxygen atoms in total. The number of aliphatic hydroxyl groups is 1. The van der Waals surface area contributed by atoms with E-state index in [0.29, 0.717) is 0 Å². The number of nitriles is 1. The summed E-state index contributed by atoms with van der Waals surface area (Å²) in [5, 5.41) is 17.1. The number of nitrogens with zero attached hydrogens (tertiary/aromatic N) is 1. The molecular weight excluding hydrogens is 194 g/mol. The molecule has 1 rings (SSSR count). The number of halogens is 2. The third-order valence-electron chi connectivity index (χ3n) is 1.70. The molecule has 74 valence electrons. The van der Waals surface area contributed by atoms with E-state index in [9.17, 15) is 13.6 Å². The summed E-state index contributed by atoms with van der Waals surface area (Å²) in [5.41, 5.74) is -2.53. The van der Waals surface area contributed by atoms with Crippen molar-refractivity contribution in [3.05, 3.63) is 33.2 Å².